The SMILES string of the molecule is CNC(Cc1cc(Br)ccc1F)c1ccc(C(C)C)cc1. The van der Waals surface area contributed by atoms with Gasteiger partial charge in [-0.3, -0.25) is 0 Å². The Bertz CT molecular complexity index is 593. The summed E-state index contributed by atoms with van der Waals surface area (Å²) in [5.41, 5.74) is 3.22. The first-order valence-corrected chi connectivity index (χ1v) is 8.01. The third-order valence-electron chi connectivity index (χ3n) is 3.79. The molecule has 0 aliphatic carbocycles. The lowest BCUT2D eigenvalue weighted by molar-refractivity contribution is 0.554. The Balaban J connectivity index is 2.21. The molecule has 0 aromatic heterocycles. The number of nitrogens with one attached hydrogen (secondary N) is 1. The minimum Gasteiger partial charge on any atom is -0.313 e. The predicted molar refractivity (Wildman–Crippen MR) is 90.1 cm³/mol. The molecule has 1 N–H and O–H groups in total. The molecule has 0 saturated carbocycles. The highest BCUT2D eigenvalue weighted by atomic mass is 79.9. The van der Waals surface area contributed by atoms with Crippen molar-refractivity contribution in [2.75, 3.05) is 7.05 Å². The van der Waals surface area contributed by atoms with Crippen LogP contribution in [0, 0.1) is 5.82 Å². The molecule has 0 heterocycles. The van der Waals surface area contributed by atoms with Crippen molar-refractivity contribution in [3.8, 4) is 0 Å². The maximum Gasteiger partial charge on any atom is 0.126 e. The van der Waals surface area contributed by atoms with Crippen LogP contribution in [0.15, 0.2) is 46.9 Å². The molecule has 3 heteroatoms. The average molecular weight is 350 g/mol. The Hall–Kier alpha value is -1.19. The van der Waals surface area contributed by atoms with E-state index in [1.165, 1.54) is 17.2 Å². The largest absolute Gasteiger partial charge is 0.313 e. The first kappa shape index (κ1) is 16.2. The van der Waals surface area contributed by atoms with Gasteiger partial charge in [0.25, 0.3) is 0 Å². The highest BCUT2D eigenvalue weighted by Gasteiger charge is 2.13. The molecular formula is C18H21BrFN. The van der Waals surface area contributed by atoms with E-state index in [1.54, 1.807) is 6.07 Å². The van der Waals surface area contributed by atoms with Gasteiger partial charge in [-0.25, -0.2) is 4.39 Å². The third kappa shape index (κ3) is 4.14. The molecule has 1 unspecified atom stereocenters. The van der Waals surface area contributed by atoms with Crippen molar-refractivity contribution in [1.82, 2.24) is 5.32 Å². The summed E-state index contributed by atoms with van der Waals surface area (Å²) in [6.07, 6.45) is 0.628. The molecule has 0 radical (unpaired) electrons. The first-order chi connectivity index (χ1) is 10.0. The number of benzene rings is 2. The van der Waals surface area contributed by atoms with Crippen molar-refractivity contribution in [1.29, 1.82) is 0 Å². The lowest BCUT2D eigenvalue weighted by Gasteiger charge is -2.18. The van der Waals surface area contributed by atoms with E-state index in [1.807, 2.05) is 13.1 Å². The van der Waals surface area contributed by atoms with Gasteiger partial charge in [0.05, 0.1) is 0 Å². The molecule has 0 spiro atoms. The van der Waals surface area contributed by atoms with Crippen LogP contribution in [-0.2, 0) is 6.42 Å². The Kier molecular flexibility index (Phi) is 5.54. The molecule has 0 amide bonds. The smallest absolute Gasteiger partial charge is 0.126 e. The van der Waals surface area contributed by atoms with Gasteiger partial charge >= 0.3 is 0 Å². The van der Waals surface area contributed by atoms with Gasteiger partial charge in [0.15, 0.2) is 0 Å². The van der Waals surface area contributed by atoms with Crippen LogP contribution in [-0.4, -0.2) is 7.05 Å². The molecule has 2 aromatic carbocycles. The van der Waals surface area contributed by atoms with Gasteiger partial charge in [0.2, 0.25) is 0 Å². The normalized spacial score (nSPS) is 12.7. The Labute approximate surface area is 134 Å². The monoisotopic (exact) mass is 349 g/mol. The minimum atomic E-state index is -0.155. The molecule has 1 atom stereocenters. The molecule has 21 heavy (non-hydrogen) atoms. The van der Waals surface area contributed by atoms with E-state index in [4.69, 9.17) is 0 Å². The van der Waals surface area contributed by atoms with Gasteiger partial charge < -0.3 is 5.32 Å². The molecule has 112 valence electrons. The van der Waals surface area contributed by atoms with Gasteiger partial charge in [0, 0.05) is 10.5 Å². The molecule has 2 aromatic rings. The van der Waals surface area contributed by atoms with Crippen LogP contribution in [0.5, 0.6) is 0 Å². The maximum absolute atomic E-state index is 13.9. The minimum absolute atomic E-state index is 0.106. The fraction of sp³-hybridized carbons (Fsp3) is 0.333. The van der Waals surface area contributed by atoms with Crippen LogP contribution >= 0.6 is 15.9 Å². The molecular weight excluding hydrogens is 329 g/mol. The molecule has 2 rings (SSSR count). The van der Waals surface area contributed by atoms with Crippen LogP contribution in [0.2, 0.25) is 0 Å². The summed E-state index contributed by atoms with van der Waals surface area (Å²) >= 11 is 3.40. The zero-order valence-electron chi connectivity index (χ0n) is 12.7. The summed E-state index contributed by atoms with van der Waals surface area (Å²) in [4.78, 5) is 0. The van der Waals surface area contributed by atoms with Crippen molar-refractivity contribution in [3.05, 3.63) is 69.4 Å². The molecule has 0 aliphatic rings. The highest BCUT2D eigenvalue weighted by Crippen LogP contribution is 2.24. The van der Waals surface area contributed by atoms with Crippen molar-refractivity contribution < 1.29 is 4.39 Å². The van der Waals surface area contributed by atoms with E-state index in [9.17, 15) is 4.39 Å². The fourth-order valence-electron chi connectivity index (χ4n) is 2.42. The number of hydrogen-bond acceptors (Lipinski definition) is 1. The summed E-state index contributed by atoms with van der Waals surface area (Å²) in [7, 11) is 1.91. The van der Waals surface area contributed by atoms with Gasteiger partial charge in [-0.1, -0.05) is 54.0 Å². The van der Waals surface area contributed by atoms with Crippen LogP contribution in [0.3, 0.4) is 0 Å². The number of halogens is 2. The topological polar surface area (TPSA) is 12.0 Å². The summed E-state index contributed by atoms with van der Waals surface area (Å²) < 4.78 is 14.8. The summed E-state index contributed by atoms with van der Waals surface area (Å²) in [5.74, 6) is 0.367. The first-order valence-electron chi connectivity index (χ1n) is 7.22. The van der Waals surface area contributed by atoms with E-state index in [2.05, 4.69) is 59.4 Å². The van der Waals surface area contributed by atoms with Gasteiger partial charge in [0.1, 0.15) is 5.82 Å². The Morgan fingerprint density at radius 1 is 1.05 bits per heavy atom. The lowest BCUT2D eigenvalue weighted by atomic mass is 9.95. The molecule has 0 fully saturated rings. The van der Waals surface area contributed by atoms with E-state index in [0.717, 1.165) is 10.0 Å². The van der Waals surface area contributed by atoms with Crippen LogP contribution in [0.25, 0.3) is 0 Å². The van der Waals surface area contributed by atoms with Crippen LogP contribution in [0.4, 0.5) is 4.39 Å². The quantitative estimate of drug-likeness (QED) is 0.780. The zero-order valence-corrected chi connectivity index (χ0v) is 14.2. The van der Waals surface area contributed by atoms with Crippen molar-refractivity contribution in [2.24, 2.45) is 0 Å². The van der Waals surface area contributed by atoms with Crippen molar-refractivity contribution in [2.45, 2.75) is 32.2 Å². The summed E-state index contributed by atoms with van der Waals surface area (Å²) in [6, 6.07) is 13.8. The van der Waals surface area contributed by atoms with Gasteiger partial charge in [-0.15, -0.1) is 0 Å². The van der Waals surface area contributed by atoms with Crippen LogP contribution in [0.1, 0.15) is 42.5 Å². The van der Waals surface area contributed by atoms with Crippen molar-refractivity contribution in [3.63, 3.8) is 0 Å². The zero-order chi connectivity index (χ0) is 15.4. The molecule has 0 aliphatic heterocycles. The predicted octanol–water partition coefficient (Wildman–Crippen LogP) is 5.21. The molecule has 0 saturated heterocycles. The standard InChI is InChI=1S/C18H21BrFN/c1-12(2)13-4-6-14(7-5-13)18(21-3)11-15-10-16(19)8-9-17(15)20/h4-10,12,18,21H,11H2,1-3H3. The Morgan fingerprint density at radius 2 is 1.67 bits per heavy atom. The van der Waals surface area contributed by atoms with Gasteiger partial charge in [-0.2, -0.15) is 0 Å². The summed E-state index contributed by atoms with van der Waals surface area (Å²) in [6.45, 7) is 4.36. The third-order valence-corrected chi connectivity index (χ3v) is 4.28. The number of rotatable bonds is 5. The lowest BCUT2D eigenvalue weighted by Crippen LogP contribution is -2.19. The number of likely N-dealkylation sites (N-methyl/N-ethyl adjacent to an activating group) is 1. The van der Waals surface area contributed by atoms with Crippen LogP contribution < -0.4 is 5.32 Å². The number of hydrogen-bond donors (Lipinski definition) is 1. The average Bonchev–Trinajstić information content (AvgIpc) is 2.48. The fourth-order valence-corrected chi connectivity index (χ4v) is 2.83. The highest BCUT2D eigenvalue weighted by molar-refractivity contribution is 9.10. The second-order valence-electron chi connectivity index (χ2n) is 5.60. The second-order valence-corrected chi connectivity index (χ2v) is 6.52. The summed E-state index contributed by atoms with van der Waals surface area (Å²) in [5, 5.41) is 3.28. The van der Waals surface area contributed by atoms with E-state index >= 15 is 0 Å². The Morgan fingerprint density at radius 3 is 2.24 bits per heavy atom. The second kappa shape index (κ2) is 7.19. The molecule has 1 nitrogen and oxygen atoms in total. The maximum atomic E-state index is 13.9. The van der Waals surface area contributed by atoms with E-state index in [-0.39, 0.29) is 11.9 Å². The van der Waals surface area contributed by atoms with E-state index < -0.39 is 0 Å². The van der Waals surface area contributed by atoms with Gasteiger partial charge in [-0.05, 0) is 54.3 Å². The van der Waals surface area contributed by atoms with E-state index in [0.29, 0.717) is 12.3 Å². The molecule has 0 bridgehead atoms. The van der Waals surface area contributed by atoms with Crippen molar-refractivity contribution >= 4 is 15.9 Å².